The van der Waals surface area contributed by atoms with Gasteiger partial charge in [0.2, 0.25) is 5.91 Å². The van der Waals surface area contributed by atoms with Crippen LogP contribution in [0, 0.1) is 0 Å². The van der Waals surface area contributed by atoms with E-state index in [2.05, 4.69) is 4.90 Å². The summed E-state index contributed by atoms with van der Waals surface area (Å²) in [6, 6.07) is 5.42. The summed E-state index contributed by atoms with van der Waals surface area (Å²) in [5.41, 5.74) is 1.59. The van der Waals surface area contributed by atoms with Gasteiger partial charge >= 0.3 is 6.18 Å². The van der Waals surface area contributed by atoms with E-state index in [1.165, 1.54) is 19.2 Å². The molecule has 0 spiro atoms. The van der Waals surface area contributed by atoms with Gasteiger partial charge in [0, 0.05) is 56.9 Å². The highest BCUT2D eigenvalue weighted by Gasteiger charge is 2.31. The Labute approximate surface area is 192 Å². The number of hydrogen-bond acceptors (Lipinski definition) is 5. The van der Waals surface area contributed by atoms with Gasteiger partial charge in [0.25, 0.3) is 0 Å². The molecule has 3 rings (SSSR count). The number of aryl methyl sites for hydroxylation is 1. The number of rotatable bonds is 7. The first-order chi connectivity index (χ1) is 15.6. The molecule has 1 aromatic heterocycles. The summed E-state index contributed by atoms with van der Waals surface area (Å²) in [5.74, 6) is 1.52. The number of carbonyl (C=O) groups is 1. The van der Waals surface area contributed by atoms with Crippen LogP contribution in [0.2, 0.25) is 0 Å². The van der Waals surface area contributed by atoms with Crippen LogP contribution in [-0.2, 0) is 28.5 Å². The van der Waals surface area contributed by atoms with Crippen LogP contribution in [0.15, 0.2) is 24.3 Å². The molecule has 0 bridgehead atoms. The van der Waals surface area contributed by atoms with Crippen LogP contribution in [0.4, 0.5) is 19.0 Å². The predicted octanol–water partition coefficient (Wildman–Crippen LogP) is 4.07. The van der Waals surface area contributed by atoms with Gasteiger partial charge in [-0.05, 0) is 18.1 Å². The van der Waals surface area contributed by atoms with E-state index in [4.69, 9.17) is 14.7 Å². The Morgan fingerprint density at radius 1 is 1.15 bits per heavy atom. The van der Waals surface area contributed by atoms with Gasteiger partial charge in [-0.25, -0.2) is 9.97 Å². The average Bonchev–Trinajstić information content (AvgIpc) is 2.79. The van der Waals surface area contributed by atoms with E-state index in [1.54, 1.807) is 11.0 Å². The van der Waals surface area contributed by atoms with Crippen molar-refractivity contribution in [2.24, 2.45) is 0 Å². The number of aromatic nitrogens is 2. The lowest BCUT2D eigenvalue weighted by atomic mass is 9.99. The maximum Gasteiger partial charge on any atom is 0.416 e. The maximum absolute atomic E-state index is 13.2. The summed E-state index contributed by atoms with van der Waals surface area (Å²) in [7, 11) is 1.49. The second kappa shape index (κ2) is 10.5. The first-order valence-corrected chi connectivity index (χ1v) is 11.2. The number of carbonyl (C=O) groups excluding carboxylic acids is 1. The van der Waals surface area contributed by atoms with Crippen molar-refractivity contribution in [3.05, 3.63) is 52.5 Å². The van der Waals surface area contributed by atoms with Crippen LogP contribution in [0.25, 0.3) is 0 Å². The van der Waals surface area contributed by atoms with Crippen LogP contribution in [0.1, 0.15) is 54.9 Å². The minimum atomic E-state index is -4.39. The summed E-state index contributed by atoms with van der Waals surface area (Å²) < 4.78 is 44.7. The van der Waals surface area contributed by atoms with Gasteiger partial charge in [0.15, 0.2) is 0 Å². The Balaban J connectivity index is 1.96. The van der Waals surface area contributed by atoms with Crippen LogP contribution in [0.5, 0.6) is 0 Å². The van der Waals surface area contributed by atoms with Crippen LogP contribution >= 0.6 is 0 Å². The largest absolute Gasteiger partial charge is 0.416 e. The van der Waals surface area contributed by atoms with Gasteiger partial charge in [-0.15, -0.1) is 0 Å². The topological polar surface area (TPSA) is 58.6 Å². The predicted molar refractivity (Wildman–Crippen MR) is 120 cm³/mol. The Hall–Kier alpha value is -2.68. The fraction of sp³-hybridized carbons (Fsp3) is 0.542. The summed E-state index contributed by atoms with van der Waals surface area (Å²) in [6.45, 7) is 8.32. The van der Waals surface area contributed by atoms with Crippen molar-refractivity contribution in [3.63, 3.8) is 0 Å². The Morgan fingerprint density at radius 2 is 1.85 bits per heavy atom. The van der Waals surface area contributed by atoms with E-state index in [0.717, 1.165) is 23.1 Å². The van der Waals surface area contributed by atoms with Gasteiger partial charge in [0.1, 0.15) is 18.2 Å². The number of piperazine rings is 1. The molecule has 1 aliphatic rings. The standard InChI is InChI=1S/C24H31F3N4O2/c1-5-20-19(14-17-7-6-8-18(13-17)24(25,26)27)23(29-22(28-20)16(2)3)31-11-9-30(10-12-31)21(32)15-33-4/h6-8,13,16H,5,9-12,14-15H2,1-4H3. The number of benzene rings is 1. The van der Waals surface area contributed by atoms with E-state index >= 15 is 0 Å². The number of nitrogens with zero attached hydrogens (tertiary/aromatic N) is 4. The Bertz CT molecular complexity index is 971. The van der Waals surface area contributed by atoms with Crippen molar-refractivity contribution in [2.45, 2.75) is 45.7 Å². The zero-order valence-electron chi connectivity index (χ0n) is 19.6. The smallest absolute Gasteiger partial charge is 0.375 e. The van der Waals surface area contributed by atoms with Crippen molar-refractivity contribution in [1.82, 2.24) is 14.9 Å². The molecule has 0 aliphatic carbocycles. The molecule has 1 aliphatic heterocycles. The summed E-state index contributed by atoms with van der Waals surface area (Å²) in [5, 5.41) is 0. The molecule has 6 nitrogen and oxygen atoms in total. The number of hydrogen-bond donors (Lipinski definition) is 0. The van der Waals surface area contributed by atoms with Crippen molar-refractivity contribution in [2.75, 3.05) is 44.8 Å². The lowest BCUT2D eigenvalue weighted by Crippen LogP contribution is -2.50. The molecule has 1 fully saturated rings. The van der Waals surface area contributed by atoms with E-state index < -0.39 is 11.7 Å². The molecule has 0 N–H and O–H groups in total. The fourth-order valence-electron chi connectivity index (χ4n) is 3.97. The molecular formula is C24H31F3N4O2. The molecule has 0 saturated carbocycles. The van der Waals surface area contributed by atoms with E-state index in [0.29, 0.717) is 50.4 Å². The lowest BCUT2D eigenvalue weighted by Gasteiger charge is -2.36. The molecule has 9 heteroatoms. The second-order valence-corrected chi connectivity index (χ2v) is 8.51. The van der Waals surface area contributed by atoms with E-state index in [9.17, 15) is 18.0 Å². The highest BCUT2D eigenvalue weighted by atomic mass is 19.4. The summed E-state index contributed by atoms with van der Waals surface area (Å²) >= 11 is 0. The Kier molecular flexibility index (Phi) is 7.94. The van der Waals surface area contributed by atoms with Gasteiger partial charge in [-0.2, -0.15) is 13.2 Å². The minimum Gasteiger partial charge on any atom is -0.375 e. The molecule has 1 saturated heterocycles. The third-order valence-electron chi connectivity index (χ3n) is 5.77. The van der Waals surface area contributed by atoms with Crippen LogP contribution < -0.4 is 4.90 Å². The van der Waals surface area contributed by atoms with Crippen molar-refractivity contribution < 1.29 is 22.7 Å². The molecule has 180 valence electrons. The molecule has 0 radical (unpaired) electrons. The minimum absolute atomic E-state index is 0.0474. The van der Waals surface area contributed by atoms with Crippen LogP contribution in [-0.4, -0.2) is 60.7 Å². The number of ether oxygens (including phenoxy) is 1. The number of amides is 1. The third kappa shape index (κ3) is 6.01. The first kappa shape index (κ1) is 25.0. The van der Waals surface area contributed by atoms with E-state index in [-0.39, 0.29) is 18.4 Å². The monoisotopic (exact) mass is 464 g/mol. The van der Waals surface area contributed by atoms with Crippen molar-refractivity contribution in [3.8, 4) is 0 Å². The number of anilines is 1. The van der Waals surface area contributed by atoms with Gasteiger partial charge in [-0.3, -0.25) is 4.79 Å². The number of methoxy groups -OCH3 is 1. The quantitative estimate of drug-likeness (QED) is 0.618. The van der Waals surface area contributed by atoms with Gasteiger partial charge < -0.3 is 14.5 Å². The van der Waals surface area contributed by atoms with Crippen molar-refractivity contribution in [1.29, 1.82) is 0 Å². The molecule has 1 amide bonds. The zero-order chi connectivity index (χ0) is 24.2. The average molecular weight is 465 g/mol. The van der Waals surface area contributed by atoms with Crippen molar-refractivity contribution >= 4 is 11.7 Å². The molecular weight excluding hydrogens is 433 g/mol. The van der Waals surface area contributed by atoms with Gasteiger partial charge in [0.05, 0.1) is 5.56 Å². The molecule has 0 atom stereocenters. The normalized spacial score (nSPS) is 14.8. The zero-order valence-corrected chi connectivity index (χ0v) is 19.6. The van der Waals surface area contributed by atoms with E-state index in [1.807, 2.05) is 20.8 Å². The highest BCUT2D eigenvalue weighted by molar-refractivity contribution is 5.77. The lowest BCUT2D eigenvalue weighted by molar-refractivity contribution is -0.137. The maximum atomic E-state index is 13.2. The molecule has 33 heavy (non-hydrogen) atoms. The molecule has 2 heterocycles. The number of halogens is 3. The fourth-order valence-corrected chi connectivity index (χ4v) is 3.97. The SMILES string of the molecule is CCc1nc(C(C)C)nc(N2CCN(C(=O)COC)CC2)c1Cc1cccc(C(F)(F)F)c1. The summed E-state index contributed by atoms with van der Waals surface area (Å²) in [6.07, 6.45) is -3.44. The Morgan fingerprint density at radius 3 is 2.42 bits per heavy atom. The molecule has 2 aromatic rings. The third-order valence-corrected chi connectivity index (χ3v) is 5.77. The molecule has 1 aromatic carbocycles. The second-order valence-electron chi connectivity index (χ2n) is 8.51. The summed E-state index contributed by atoms with van der Waals surface area (Å²) in [4.78, 5) is 25.6. The highest BCUT2D eigenvalue weighted by Crippen LogP contribution is 2.32. The molecule has 0 unspecified atom stereocenters. The first-order valence-electron chi connectivity index (χ1n) is 11.2. The van der Waals surface area contributed by atoms with Crippen LogP contribution in [0.3, 0.4) is 0 Å². The van der Waals surface area contributed by atoms with Gasteiger partial charge in [-0.1, -0.05) is 39.0 Å². The number of alkyl halides is 3.